The lowest BCUT2D eigenvalue weighted by molar-refractivity contribution is 0.0625. The van der Waals surface area contributed by atoms with Gasteiger partial charge in [-0.1, -0.05) is 6.92 Å². The lowest BCUT2D eigenvalue weighted by Gasteiger charge is -2.31. The Morgan fingerprint density at radius 3 is 2.35 bits per heavy atom. The van der Waals surface area contributed by atoms with E-state index in [-0.39, 0.29) is 24.0 Å². The zero-order valence-corrected chi connectivity index (χ0v) is 19.5. The number of nitrogens with one attached hydrogen (secondary N) is 1. The molecule has 0 saturated carbocycles. The first kappa shape index (κ1) is 24.0. The zero-order chi connectivity index (χ0) is 17.9. The fourth-order valence-corrected chi connectivity index (χ4v) is 3.93. The molecule has 0 aromatic heterocycles. The van der Waals surface area contributed by atoms with Gasteiger partial charge in [0.15, 0.2) is 5.96 Å². The molecule has 26 heavy (non-hydrogen) atoms. The van der Waals surface area contributed by atoms with Crippen LogP contribution < -0.4 is 5.32 Å². The number of likely N-dealkylation sites (tertiary alicyclic amines) is 1. The molecule has 6 heteroatoms. The van der Waals surface area contributed by atoms with Crippen LogP contribution in [0.3, 0.4) is 0 Å². The van der Waals surface area contributed by atoms with Crippen molar-refractivity contribution in [3.8, 4) is 0 Å². The molecular weight excluding hydrogens is 439 g/mol. The second-order valence-corrected chi connectivity index (χ2v) is 7.67. The molecule has 5 nitrogen and oxygen atoms in total. The summed E-state index contributed by atoms with van der Waals surface area (Å²) in [6.45, 7) is 13.0. The molecule has 2 rings (SSSR count). The lowest BCUT2D eigenvalue weighted by Crippen LogP contribution is -2.40. The number of piperidine rings is 1. The standard InChI is InChI=1S/C20H40N4O.HI/c1-4-21-20(23(3)13-7-19-10-16-25-17-11-19)22-12-6-18-8-14-24(5-2)15-9-18;/h18-19H,4-17H2,1-3H3,(H,21,22);1H. The summed E-state index contributed by atoms with van der Waals surface area (Å²) in [6.07, 6.45) is 7.62. The maximum atomic E-state index is 5.46. The number of nitrogens with zero attached hydrogens (tertiary/aromatic N) is 3. The van der Waals surface area contributed by atoms with Crippen molar-refractivity contribution in [1.82, 2.24) is 15.1 Å². The normalized spacial score (nSPS) is 20.7. The number of halogens is 1. The Morgan fingerprint density at radius 1 is 1.08 bits per heavy atom. The van der Waals surface area contributed by atoms with Crippen molar-refractivity contribution in [1.29, 1.82) is 0 Å². The molecule has 2 heterocycles. The van der Waals surface area contributed by atoms with E-state index < -0.39 is 0 Å². The van der Waals surface area contributed by atoms with E-state index in [9.17, 15) is 0 Å². The topological polar surface area (TPSA) is 40.1 Å². The van der Waals surface area contributed by atoms with Crippen LogP contribution in [0.15, 0.2) is 4.99 Å². The molecule has 0 atom stereocenters. The van der Waals surface area contributed by atoms with E-state index in [1.165, 1.54) is 58.2 Å². The second-order valence-electron chi connectivity index (χ2n) is 7.67. The number of ether oxygens (including phenoxy) is 1. The Kier molecular flexibility index (Phi) is 12.9. The highest BCUT2D eigenvalue weighted by molar-refractivity contribution is 14.0. The predicted molar refractivity (Wildman–Crippen MR) is 122 cm³/mol. The van der Waals surface area contributed by atoms with Crippen LogP contribution in [0.4, 0.5) is 0 Å². The van der Waals surface area contributed by atoms with Gasteiger partial charge in [0.05, 0.1) is 0 Å². The molecule has 2 aliphatic rings. The molecule has 0 spiro atoms. The van der Waals surface area contributed by atoms with Crippen molar-refractivity contribution in [2.45, 2.75) is 52.4 Å². The molecule has 0 aromatic carbocycles. The van der Waals surface area contributed by atoms with Crippen LogP contribution in [0.5, 0.6) is 0 Å². The quantitative estimate of drug-likeness (QED) is 0.328. The fraction of sp³-hybridized carbons (Fsp3) is 0.950. The van der Waals surface area contributed by atoms with Crippen molar-refractivity contribution >= 4 is 29.9 Å². The fourth-order valence-electron chi connectivity index (χ4n) is 3.93. The molecule has 0 aliphatic carbocycles. The summed E-state index contributed by atoms with van der Waals surface area (Å²) in [5.41, 5.74) is 0. The number of rotatable bonds is 8. The molecule has 2 aliphatic heterocycles. The van der Waals surface area contributed by atoms with Gasteiger partial charge in [-0.3, -0.25) is 4.99 Å². The van der Waals surface area contributed by atoms with Crippen LogP contribution in [-0.2, 0) is 4.74 Å². The zero-order valence-electron chi connectivity index (χ0n) is 17.2. The van der Waals surface area contributed by atoms with Gasteiger partial charge in [-0.05, 0) is 76.9 Å². The van der Waals surface area contributed by atoms with Crippen LogP contribution in [0.25, 0.3) is 0 Å². The van der Waals surface area contributed by atoms with E-state index in [1.807, 2.05) is 0 Å². The van der Waals surface area contributed by atoms with Crippen molar-refractivity contribution in [2.75, 3.05) is 59.5 Å². The molecule has 2 fully saturated rings. The average molecular weight is 480 g/mol. The first-order chi connectivity index (χ1) is 12.2. The van der Waals surface area contributed by atoms with E-state index in [4.69, 9.17) is 9.73 Å². The highest BCUT2D eigenvalue weighted by Crippen LogP contribution is 2.20. The number of guanidine groups is 1. The van der Waals surface area contributed by atoms with Gasteiger partial charge in [0.25, 0.3) is 0 Å². The van der Waals surface area contributed by atoms with Crippen LogP contribution in [0.1, 0.15) is 52.4 Å². The van der Waals surface area contributed by atoms with Crippen molar-refractivity contribution in [3.05, 3.63) is 0 Å². The maximum Gasteiger partial charge on any atom is 0.193 e. The maximum absolute atomic E-state index is 5.46. The van der Waals surface area contributed by atoms with E-state index in [1.54, 1.807) is 0 Å². The Labute approximate surface area is 178 Å². The Hall–Kier alpha value is -0.0800. The second kappa shape index (κ2) is 14.0. The van der Waals surface area contributed by atoms with E-state index in [2.05, 4.69) is 36.0 Å². The number of hydrogen-bond acceptors (Lipinski definition) is 3. The van der Waals surface area contributed by atoms with Gasteiger partial charge in [0.1, 0.15) is 0 Å². The summed E-state index contributed by atoms with van der Waals surface area (Å²) in [4.78, 5) is 9.79. The summed E-state index contributed by atoms with van der Waals surface area (Å²) < 4.78 is 5.46. The number of hydrogen-bond donors (Lipinski definition) is 1. The Bertz CT molecular complexity index is 380. The van der Waals surface area contributed by atoms with Gasteiger partial charge < -0.3 is 19.9 Å². The summed E-state index contributed by atoms with van der Waals surface area (Å²) in [7, 11) is 2.18. The molecule has 0 bridgehead atoms. The van der Waals surface area contributed by atoms with Crippen LogP contribution in [-0.4, -0.2) is 75.3 Å². The van der Waals surface area contributed by atoms with Gasteiger partial charge in [-0.25, -0.2) is 0 Å². The molecule has 0 aromatic rings. The first-order valence-corrected chi connectivity index (χ1v) is 10.5. The van der Waals surface area contributed by atoms with E-state index in [0.717, 1.165) is 50.6 Å². The van der Waals surface area contributed by atoms with E-state index in [0.29, 0.717) is 0 Å². The van der Waals surface area contributed by atoms with Crippen LogP contribution in [0, 0.1) is 11.8 Å². The van der Waals surface area contributed by atoms with Gasteiger partial charge in [0, 0.05) is 39.9 Å². The minimum Gasteiger partial charge on any atom is -0.381 e. The minimum atomic E-state index is 0. The molecule has 1 N–H and O–H groups in total. The van der Waals surface area contributed by atoms with Crippen LogP contribution in [0.2, 0.25) is 0 Å². The molecule has 154 valence electrons. The summed E-state index contributed by atoms with van der Waals surface area (Å²) in [6, 6.07) is 0. The third-order valence-corrected chi connectivity index (χ3v) is 5.86. The molecular formula is C20H41IN4O. The van der Waals surface area contributed by atoms with Crippen molar-refractivity contribution in [2.24, 2.45) is 16.8 Å². The summed E-state index contributed by atoms with van der Waals surface area (Å²) >= 11 is 0. The van der Waals surface area contributed by atoms with Crippen molar-refractivity contribution in [3.63, 3.8) is 0 Å². The molecule has 0 amide bonds. The Balaban J connectivity index is 0.00000338. The van der Waals surface area contributed by atoms with Gasteiger partial charge in [-0.2, -0.15) is 0 Å². The third-order valence-electron chi connectivity index (χ3n) is 5.86. The smallest absolute Gasteiger partial charge is 0.193 e. The van der Waals surface area contributed by atoms with Gasteiger partial charge in [0.2, 0.25) is 0 Å². The van der Waals surface area contributed by atoms with Crippen LogP contribution >= 0.6 is 24.0 Å². The van der Waals surface area contributed by atoms with Gasteiger partial charge >= 0.3 is 0 Å². The molecule has 0 unspecified atom stereocenters. The van der Waals surface area contributed by atoms with E-state index >= 15 is 0 Å². The summed E-state index contributed by atoms with van der Waals surface area (Å²) in [5.74, 6) is 2.77. The number of aliphatic imine (C=N–C) groups is 1. The highest BCUT2D eigenvalue weighted by atomic mass is 127. The largest absolute Gasteiger partial charge is 0.381 e. The third kappa shape index (κ3) is 8.74. The molecule has 0 radical (unpaired) electrons. The van der Waals surface area contributed by atoms with Crippen molar-refractivity contribution < 1.29 is 4.74 Å². The lowest BCUT2D eigenvalue weighted by atomic mass is 9.94. The molecule has 2 saturated heterocycles. The SMILES string of the molecule is CCNC(=NCCC1CCN(CC)CC1)N(C)CCC1CCOCC1.I. The monoisotopic (exact) mass is 480 g/mol. The predicted octanol–water partition coefficient (Wildman–Crippen LogP) is 3.44. The summed E-state index contributed by atoms with van der Waals surface area (Å²) in [5, 5.41) is 3.47. The average Bonchev–Trinajstić information content (AvgIpc) is 2.67. The first-order valence-electron chi connectivity index (χ1n) is 10.5. The Morgan fingerprint density at radius 2 is 1.73 bits per heavy atom. The highest BCUT2D eigenvalue weighted by Gasteiger charge is 2.18. The minimum absolute atomic E-state index is 0. The van der Waals surface area contributed by atoms with Gasteiger partial charge in [-0.15, -0.1) is 24.0 Å².